The van der Waals surface area contributed by atoms with Crippen LogP contribution in [0.1, 0.15) is 34.0 Å². The first-order chi connectivity index (χ1) is 16.0. The zero-order valence-electron chi connectivity index (χ0n) is 18.8. The third-order valence-electron chi connectivity index (χ3n) is 5.31. The molecule has 0 aliphatic rings. The number of ether oxygens (including phenoxy) is 2. The van der Waals surface area contributed by atoms with Gasteiger partial charge < -0.3 is 14.4 Å². The number of hydrogen-bond acceptors (Lipinski definition) is 6. The van der Waals surface area contributed by atoms with Gasteiger partial charge in [-0.15, -0.1) is 0 Å². The molecule has 0 radical (unpaired) electrons. The molecule has 0 amide bonds. The number of carbonyl (C=O) groups excluding carboxylic acids is 1. The summed E-state index contributed by atoms with van der Waals surface area (Å²) in [4.78, 5) is 19.5. The van der Waals surface area contributed by atoms with Gasteiger partial charge in [0.1, 0.15) is 22.2 Å². The molecular formula is C25H25BrN4O3. The van der Waals surface area contributed by atoms with Gasteiger partial charge in [-0.3, -0.25) is 0 Å². The van der Waals surface area contributed by atoms with Crippen LogP contribution in [-0.4, -0.2) is 34.3 Å². The lowest BCUT2D eigenvalue weighted by molar-refractivity contribution is 0.0528. The van der Waals surface area contributed by atoms with E-state index in [1.54, 1.807) is 24.6 Å². The topological polar surface area (TPSA) is 69.0 Å². The Labute approximate surface area is 201 Å². The van der Waals surface area contributed by atoms with Crippen LogP contribution in [0.5, 0.6) is 5.75 Å². The van der Waals surface area contributed by atoms with Gasteiger partial charge in [0.25, 0.3) is 0 Å². The van der Waals surface area contributed by atoms with Crippen LogP contribution in [0.3, 0.4) is 0 Å². The highest BCUT2D eigenvalue weighted by Crippen LogP contribution is 2.30. The van der Waals surface area contributed by atoms with E-state index in [1.165, 1.54) is 11.9 Å². The van der Waals surface area contributed by atoms with Crippen molar-refractivity contribution in [3.8, 4) is 5.75 Å². The normalized spacial score (nSPS) is 10.9. The minimum Gasteiger partial charge on any atom is -0.497 e. The molecule has 2 aromatic carbocycles. The predicted molar refractivity (Wildman–Crippen MR) is 131 cm³/mol. The summed E-state index contributed by atoms with van der Waals surface area (Å²) in [6.45, 7) is 5.32. The van der Waals surface area contributed by atoms with Crippen LogP contribution in [0.15, 0.2) is 65.5 Å². The predicted octanol–water partition coefficient (Wildman–Crippen LogP) is 5.19. The third-order valence-corrected chi connectivity index (χ3v) is 5.88. The number of benzene rings is 2. The lowest BCUT2D eigenvalue weighted by atomic mass is 10.1. The number of esters is 1. The fraction of sp³-hybridized carbons (Fsp3) is 0.240. The second kappa shape index (κ2) is 10.0. The second-order valence-corrected chi connectivity index (χ2v) is 8.45. The zero-order valence-corrected chi connectivity index (χ0v) is 20.4. The number of hydrogen-bond donors (Lipinski definition) is 0. The smallest absolute Gasteiger partial charge is 0.340 e. The molecule has 0 spiro atoms. The SMILES string of the molecule is CCOC(=O)c1cc(Br)n2ncnc(N(Cc3ccc(C)cc3)Cc3ccc(OC)cc3)c12. The largest absolute Gasteiger partial charge is 0.497 e. The molecule has 0 N–H and O–H groups in total. The van der Waals surface area contributed by atoms with E-state index >= 15 is 0 Å². The number of carbonyl (C=O) groups is 1. The number of anilines is 1. The summed E-state index contributed by atoms with van der Waals surface area (Å²) < 4.78 is 12.9. The Hall–Kier alpha value is -3.39. The molecule has 0 aliphatic carbocycles. The number of fused-ring (bicyclic) bond motifs is 1. The average Bonchev–Trinajstić information content (AvgIpc) is 3.17. The lowest BCUT2D eigenvalue weighted by Gasteiger charge is -2.25. The summed E-state index contributed by atoms with van der Waals surface area (Å²) in [6.07, 6.45) is 1.50. The molecule has 7 nitrogen and oxygen atoms in total. The van der Waals surface area contributed by atoms with Gasteiger partial charge in [-0.25, -0.2) is 14.3 Å². The summed E-state index contributed by atoms with van der Waals surface area (Å²) in [5.74, 6) is 1.04. The Morgan fingerprint density at radius 2 is 1.70 bits per heavy atom. The van der Waals surface area contributed by atoms with Gasteiger partial charge in [0.2, 0.25) is 0 Å². The monoisotopic (exact) mass is 508 g/mol. The van der Waals surface area contributed by atoms with E-state index in [0.717, 1.165) is 16.9 Å². The third kappa shape index (κ3) is 5.01. The van der Waals surface area contributed by atoms with Gasteiger partial charge in [-0.2, -0.15) is 5.10 Å². The van der Waals surface area contributed by atoms with E-state index in [4.69, 9.17) is 9.47 Å². The highest BCUT2D eigenvalue weighted by Gasteiger charge is 2.23. The van der Waals surface area contributed by atoms with Crippen molar-refractivity contribution < 1.29 is 14.3 Å². The maximum Gasteiger partial charge on any atom is 0.340 e. The van der Waals surface area contributed by atoms with Crippen molar-refractivity contribution in [1.29, 1.82) is 0 Å². The van der Waals surface area contributed by atoms with Crippen molar-refractivity contribution >= 4 is 33.2 Å². The fourth-order valence-electron chi connectivity index (χ4n) is 3.66. The maximum absolute atomic E-state index is 12.7. The van der Waals surface area contributed by atoms with Gasteiger partial charge in [0.15, 0.2) is 5.82 Å². The Morgan fingerprint density at radius 1 is 1.06 bits per heavy atom. The number of nitrogens with zero attached hydrogens (tertiary/aromatic N) is 4. The quantitative estimate of drug-likeness (QED) is 0.305. The zero-order chi connectivity index (χ0) is 23.4. The van der Waals surface area contributed by atoms with Crippen molar-refractivity contribution in [1.82, 2.24) is 14.6 Å². The summed E-state index contributed by atoms with van der Waals surface area (Å²) in [6, 6.07) is 18.1. The van der Waals surface area contributed by atoms with Gasteiger partial charge in [-0.1, -0.05) is 42.0 Å². The van der Waals surface area contributed by atoms with Gasteiger partial charge in [0.05, 0.1) is 19.3 Å². The molecule has 33 heavy (non-hydrogen) atoms. The van der Waals surface area contributed by atoms with Crippen LogP contribution < -0.4 is 9.64 Å². The number of aromatic nitrogens is 3. The van der Waals surface area contributed by atoms with Gasteiger partial charge in [0, 0.05) is 13.1 Å². The van der Waals surface area contributed by atoms with E-state index in [9.17, 15) is 4.79 Å². The number of rotatable bonds is 8. The Bertz CT molecular complexity index is 1250. The number of methoxy groups -OCH3 is 1. The molecule has 0 fully saturated rings. The van der Waals surface area contributed by atoms with Crippen molar-refractivity contribution in [3.05, 3.63) is 87.8 Å². The molecule has 0 atom stereocenters. The first-order valence-electron chi connectivity index (χ1n) is 10.6. The van der Waals surface area contributed by atoms with Crippen LogP contribution in [0, 0.1) is 6.92 Å². The number of halogens is 1. The molecule has 2 heterocycles. The lowest BCUT2D eigenvalue weighted by Crippen LogP contribution is -2.24. The van der Waals surface area contributed by atoms with Crippen molar-refractivity contribution in [2.75, 3.05) is 18.6 Å². The molecule has 4 aromatic rings. The summed E-state index contributed by atoms with van der Waals surface area (Å²) in [5, 5.41) is 4.34. The molecule has 8 heteroatoms. The Kier molecular flexibility index (Phi) is 6.93. The molecule has 0 unspecified atom stereocenters. The van der Waals surface area contributed by atoms with E-state index in [2.05, 4.69) is 62.1 Å². The van der Waals surface area contributed by atoms with E-state index < -0.39 is 5.97 Å². The summed E-state index contributed by atoms with van der Waals surface area (Å²) in [5.41, 5.74) is 4.44. The van der Waals surface area contributed by atoms with Crippen LogP contribution in [0.4, 0.5) is 5.82 Å². The molecule has 0 bridgehead atoms. The fourth-order valence-corrected chi connectivity index (χ4v) is 4.16. The second-order valence-electron chi connectivity index (χ2n) is 7.63. The van der Waals surface area contributed by atoms with Crippen LogP contribution in [0.25, 0.3) is 5.52 Å². The molecule has 2 aromatic heterocycles. The van der Waals surface area contributed by atoms with Crippen LogP contribution in [-0.2, 0) is 17.8 Å². The highest BCUT2D eigenvalue weighted by molar-refractivity contribution is 9.10. The van der Waals surface area contributed by atoms with Crippen molar-refractivity contribution in [3.63, 3.8) is 0 Å². The molecule has 0 saturated carbocycles. The Balaban J connectivity index is 1.81. The molecule has 0 aliphatic heterocycles. The number of aryl methyl sites for hydroxylation is 1. The maximum atomic E-state index is 12.7. The standard InChI is InChI=1S/C25H25BrN4O3/c1-4-33-25(31)21-13-22(26)30-23(21)24(27-16-28-30)29(14-18-7-5-17(2)6-8-18)15-19-9-11-20(32-3)12-10-19/h5-13,16H,4,14-15H2,1-3H3. The van der Waals surface area contributed by atoms with E-state index in [-0.39, 0.29) is 6.61 Å². The van der Waals surface area contributed by atoms with Gasteiger partial charge >= 0.3 is 5.97 Å². The summed E-state index contributed by atoms with van der Waals surface area (Å²) in [7, 11) is 1.65. The molecule has 170 valence electrons. The van der Waals surface area contributed by atoms with Crippen LogP contribution >= 0.6 is 15.9 Å². The first-order valence-corrected chi connectivity index (χ1v) is 11.4. The minimum absolute atomic E-state index is 0.287. The first kappa shape index (κ1) is 22.8. The molecular weight excluding hydrogens is 484 g/mol. The Morgan fingerprint density at radius 3 is 2.30 bits per heavy atom. The minimum atomic E-state index is -0.406. The van der Waals surface area contributed by atoms with Crippen molar-refractivity contribution in [2.24, 2.45) is 0 Å². The summed E-state index contributed by atoms with van der Waals surface area (Å²) >= 11 is 3.51. The van der Waals surface area contributed by atoms with Crippen molar-refractivity contribution in [2.45, 2.75) is 26.9 Å². The molecule has 4 rings (SSSR count). The average molecular weight is 509 g/mol. The molecule has 0 saturated heterocycles. The highest BCUT2D eigenvalue weighted by atomic mass is 79.9. The van der Waals surface area contributed by atoms with Crippen LogP contribution in [0.2, 0.25) is 0 Å². The van der Waals surface area contributed by atoms with E-state index in [0.29, 0.717) is 34.6 Å². The van der Waals surface area contributed by atoms with E-state index in [1.807, 2.05) is 24.3 Å². The van der Waals surface area contributed by atoms with Gasteiger partial charge in [-0.05, 0) is 59.1 Å².